The third kappa shape index (κ3) is 3.12. The number of ether oxygens (including phenoxy) is 1. The summed E-state index contributed by atoms with van der Waals surface area (Å²) in [5.74, 6) is -1.25. The Morgan fingerprint density at radius 1 is 1.37 bits per heavy atom. The Hall–Kier alpha value is -1.88. The fourth-order valence-electron chi connectivity index (χ4n) is 2.21. The molecule has 1 atom stereocenters. The van der Waals surface area contributed by atoms with E-state index in [1.807, 2.05) is 18.2 Å². The van der Waals surface area contributed by atoms with Gasteiger partial charge < -0.3 is 15.8 Å². The van der Waals surface area contributed by atoms with Crippen molar-refractivity contribution >= 4 is 17.6 Å². The van der Waals surface area contributed by atoms with Crippen LogP contribution in [-0.4, -0.2) is 24.5 Å². The number of benzene rings is 1. The summed E-state index contributed by atoms with van der Waals surface area (Å²) in [5, 5.41) is 2.65. The fraction of sp³-hybridized carbons (Fsp3) is 0.429. The number of nitrogens with two attached hydrogens (primary N) is 1. The summed E-state index contributed by atoms with van der Waals surface area (Å²) >= 11 is 0. The number of carbonyl (C=O) groups is 2. The molecule has 1 aromatic rings. The maximum Gasteiger partial charge on any atom is 0.332 e. The molecule has 0 radical (unpaired) electrons. The van der Waals surface area contributed by atoms with Crippen LogP contribution >= 0.6 is 0 Å². The van der Waals surface area contributed by atoms with Crippen LogP contribution in [0.25, 0.3) is 0 Å². The zero-order chi connectivity index (χ0) is 13.8. The molecule has 0 aliphatic heterocycles. The van der Waals surface area contributed by atoms with E-state index in [0.717, 1.165) is 19.3 Å². The molecule has 1 aromatic carbocycles. The van der Waals surface area contributed by atoms with Gasteiger partial charge in [-0.15, -0.1) is 0 Å². The van der Waals surface area contributed by atoms with Gasteiger partial charge in [0.25, 0.3) is 5.91 Å². The largest absolute Gasteiger partial charge is 0.464 e. The average Bonchev–Trinajstić information content (AvgIpc) is 2.85. The Balaban J connectivity index is 2.01. The van der Waals surface area contributed by atoms with Crippen molar-refractivity contribution in [3.8, 4) is 0 Å². The second-order valence-electron chi connectivity index (χ2n) is 4.56. The minimum Gasteiger partial charge on any atom is -0.464 e. The number of fused-ring (bicyclic) bond motifs is 1. The molecule has 0 spiro atoms. The zero-order valence-electron chi connectivity index (χ0n) is 10.9. The van der Waals surface area contributed by atoms with Crippen LogP contribution in [0, 0.1) is 0 Å². The molecule has 0 aromatic heterocycles. The van der Waals surface area contributed by atoms with E-state index in [1.165, 1.54) is 11.1 Å². The first-order valence-electron chi connectivity index (χ1n) is 6.46. The molecule has 102 valence electrons. The van der Waals surface area contributed by atoms with E-state index in [-0.39, 0.29) is 6.61 Å². The third-order valence-electron chi connectivity index (χ3n) is 3.19. The molecule has 0 heterocycles. The van der Waals surface area contributed by atoms with Gasteiger partial charge in [-0.1, -0.05) is 6.07 Å². The third-order valence-corrected chi connectivity index (χ3v) is 3.19. The summed E-state index contributed by atoms with van der Waals surface area (Å²) in [4.78, 5) is 23.1. The van der Waals surface area contributed by atoms with Crippen molar-refractivity contribution in [1.29, 1.82) is 0 Å². The molecule has 0 fully saturated rings. The summed E-state index contributed by atoms with van der Waals surface area (Å²) in [6, 6.07) is 4.50. The van der Waals surface area contributed by atoms with Gasteiger partial charge in [-0.3, -0.25) is 4.79 Å². The van der Waals surface area contributed by atoms with Crippen LogP contribution in [0.5, 0.6) is 0 Å². The fourth-order valence-corrected chi connectivity index (χ4v) is 2.21. The van der Waals surface area contributed by atoms with Crippen molar-refractivity contribution in [3.63, 3.8) is 0 Å². The van der Waals surface area contributed by atoms with Crippen LogP contribution in [0.2, 0.25) is 0 Å². The summed E-state index contributed by atoms with van der Waals surface area (Å²) in [6.07, 6.45) is 3.27. The second kappa shape index (κ2) is 5.84. The van der Waals surface area contributed by atoms with Crippen molar-refractivity contribution in [2.24, 2.45) is 5.73 Å². The molecule has 1 aliphatic rings. The van der Waals surface area contributed by atoms with Crippen molar-refractivity contribution in [1.82, 2.24) is 0 Å². The maximum absolute atomic E-state index is 11.8. The molecule has 1 unspecified atom stereocenters. The summed E-state index contributed by atoms with van der Waals surface area (Å²) in [7, 11) is 0. The first kappa shape index (κ1) is 13.5. The quantitative estimate of drug-likeness (QED) is 0.626. The van der Waals surface area contributed by atoms with Gasteiger partial charge in [-0.05, 0) is 49.4 Å². The highest BCUT2D eigenvalue weighted by molar-refractivity contribution is 6.08. The second-order valence-corrected chi connectivity index (χ2v) is 4.56. The molecule has 1 amide bonds. The number of amides is 1. The van der Waals surface area contributed by atoms with Gasteiger partial charge in [0.2, 0.25) is 0 Å². The molecule has 3 N–H and O–H groups in total. The van der Waals surface area contributed by atoms with E-state index in [0.29, 0.717) is 5.69 Å². The van der Waals surface area contributed by atoms with Crippen LogP contribution in [-0.2, 0) is 27.2 Å². The lowest BCUT2D eigenvalue weighted by Gasteiger charge is -2.12. The standard InChI is InChI=1S/C14H18N2O3/c1-2-19-14(18)12(15)13(17)16-11-7-6-9-4-3-5-10(9)8-11/h6-8,12H,2-5,15H2,1H3,(H,16,17). The van der Waals surface area contributed by atoms with Crippen LogP contribution < -0.4 is 11.1 Å². The van der Waals surface area contributed by atoms with Gasteiger partial charge in [0.1, 0.15) is 0 Å². The molecule has 5 heteroatoms. The summed E-state index contributed by atoms with van der Waals surface area (Å²) in [5.41, 5.74) is 8.77. The number of carbonyl (C=O) groups excluding carboxylic acids is 2. The van der Waals surface area contributed by atoms with Gasteiger partial charge in [-0.2, -0.15) is 0 Å². The Bertz CT molecular complexity index is 499. The molecule has 0 saturated heterocycles. The number of esters is 1. The zero-order valence-corrected chi connectivity index (χ0v) is 10.9. The van der Waals surface area contributed by atoms with E-state index in [1.54, 1.807) is 6.92 Å². The van der Waals surface area contributed by atoms with Gasteiger partial charge >= 0.3 is 5.97 Å². The molecular formula is C14H18N2O3. The number of nitrogens with one attached hydrogen (secondary N) is 1. The van der Waals surface area contributed by atoms with E-state index < -0.39 is 17.9 Å². The highest BCUT2D eigenvalue weighted by Gasteiger charge is 2.23. The van der Waals surface area contributed by atoms with E-state index >= 15 is 0 Å². The molecule has 0 saturated carbocycles. The first-order chi connectivity index (χ1) is 9.11. The topological polar surface area (TPSA) is 81.4 Å². The molecular weight excluding hydrogens is 244 g/mol. The Kier molecular flexibility index (Phi) is 4.16. The molecule has 2 rings (SSSR count). The highest BCUT2D eigenvalue weighted by atomic mass is 16.5. The summed E-state index contributed by atoms with van der Waals surface area (Å²) in [6.45, 7) is 1.88. The van der Waals surface area contributed by atoms with Crippen LogP contribution in [0.1, 0.15) is 24.5 Å². The minimum atomic E-state index is -1.28. The van der Waals surface area contributed by atoms with E-state index in [2.05, 4.69) is 5.32 Å². The Morgan fingerprint density at radius 2 is 2.11 bits per heavy atom. The Morgan fingerprint density at radius 3 is 2.84 bits per heavy atom. The van der Waals surface area contributed by atoms with E-state index in [9.17, 15) is 9.59 Å². The smallest absolute Gasteiger partial charge is 0.332 e. The minimum absolute atomic E-state index is 0.207. The number of rotatable bonds is 4. The number of hydrogen-bond acceptors (Lipinski definition) is 4. The number of hydrogen-bond donors (Lipinski definition) is 2. The SMILES string of the molecule is CCOC(=O)C(N)C(=O)Nc1ccc2c(c1)CCC2. The number of aryl methyl sites for hydroxylation is 2. The molecule has 1 aliphatic carbocycles. The van der Waals surface area contributed by atoms with Crippen molar-refractivity contribution in [2.75, 3.05) is 11.9 Å². The Labute approximate surface area is 112 Å². The monoisotopic (exact) mass is 262 g/mol. The molecule has 19 heavy (non-hydrogen) atoms. The molecule has 0 bridgehead atoms. The lowest BCUT2D eigenvalue weighted by molar-refractivity contribution is -0.146. The van der Waals surface area contributed by atoms with Gasteiger partial charge in [0.15, 0.2) is 6.04 Å². The predicted molar refractivity (Wildman–Crippen MR) is 71.7 cm³/mol. The predicted octanol–water partition coefficient (Wildman–Crippen LogP) is 1.00. The molecule has 5 nitrogen and oxygen atoms in total. The van der Waals surface area contributed by atoms with Crippen LogP contribution in [0.4, 0.5) is 5.69 Å². The highest BCUT2D eigenvalue weighted by Crippen LogP contribution is 2.24. The first-order valence-corrected chi connectivity index (χ1v) is 6.46. The van der Waals surface area contributed by atoms with Crippen molar-refractivity contribution in [2.45, 2.75) is 32.2 Å². The summed E-state index contributed by atoms with van der Waals surface area (Å²) < 4.78 is 4.71. The maximum atomic E-state index is 11.8. The van der Waals surface area contributed by atoms with Gasteiger partial charge in [-0.25, -0.2) is 4.79 Å². The van der Waals surface area contributed by atoms with Crippen molar-refractivity contribution < 1.29 is 14.3 Å². The normalized spacial score (nSPS) is 14.6. The average molecular weight is 262 g/mol. The number of anilines is 1. The van der Waals surface area contributed by atoms with Gasteiger partial charge in [0, 0.05) is 5.69 Å². The van der Waals surface area contributed by atoms with E-state index in [4.69, 9.17) is 10.5 Å². The van der Waals surface area contributed by atoms with Crippen LogP contribution in [0.15, 0.2) is 18.2 Å². The lowest BCUT2D eigenvalue weighted by Crippen LogP contribution is -2.43. The lowest BCUT2D eigenvalue weighted by atomic mass is 10.1. The van der Waals surface area contributed by atoms with Gasteiger partial charge in [0.05, 0.1) is 6.61 Å². The van der Waals surface area contributed by atoms with Crippen LogP contribution in [0.3, 0.4) is 0 Å². The van der Waals surface area contributed by atoms with Crippen molar-refractivity contribution in [3.05, 3.63) is 29.3 Å².